The third-order valence-corrected chi connectivity index (χ3v) is 4.24. The van der Waals surface area contributed by atoms with Gasteiger partial charge in [0.2, 0.25) is 0 Å². The standard InChI is InChI=1S/C22H22N2O4/c1-27-21(25)15-24-14-19(12-13-20(24)18-10-6-3-7-11-18)23-22(26)28-16-17-8-4-2-5-9-17/h2-13H,14-16H2,1H3,(H,23,26). The molecule has 0 aliphatic carbocycles. The van der Waals surface area contributed by atoms with Crippen molar-refractivity contribution >= 4 is 17.8 Å². The van der Waals surface area contributed by atoms with Gasteiger partial charge in [-0.05, 0) is 23.3 Å². The van der Waals surface area contributed by atoms with Gasteiger partial charge in [0.05, 0.1) is 13.7 Å². The van der Waals surface area contributed by atoms with Crippen LogP contribution in [0.1, 0.15) is 11.1 Å². The smallest absolute Gasteiger partial charge is 0.411 e. The van der Waals surface area contributed by atoms with Crippen LogP contribution in [0.25, 0.3) is 5.70 Å². The highest BCUT2D eigenvalue weighted by Crippen LogP contribution is 2.23. The maximum absolute atomic E-state index is 12.1. The minimum atomic E-state index is -0.537. The van der Waals surface area contributed by atoms with Crippen LogP contribution < -0.4 is 5.32 Å². The minimum absolute atomic E-state index is 0.0787. The normalized spacial score (nSPS) is 13.2. The van der Waals surface area contributed by atoms with E-state index in [4.69, 9.17) is 9.47 Å². The van der Waals surface area contributed by atoms with Crippen LogP contribution in [0, 0.1) is 0 Å². The van der Waals surface area contributed by atoms with Gasteiger partial charge in [-0.15, -0.1) is 0 Å². The molecule has 0 bridgehead atoms. The topological polar surface area (TPSA) is 67.9 Å². The number of esters is 1. The van der Waals surface area contributed by atoms with Crippen molar-refractivity contribution in [3.63, 3.8) is 0 Å². The first-order valence-corrected chi connectivity index (χ1v) is 8.91. The number of carbonyl (C=O) groups excluding carboxylic acids is 2. The molecule has 0 fully saturated rings. The molecular formula is C22H22N2O4. The number of nitrogens with zero attached hydrogens (tertiary/aromatic N) is 1. The van der Waals surface area contributed by atoms with Gasteiger partial charge in [0, 0.05) is 11.4 Å². The lowest BCUT2D eigenvalue weighted by molar-refractivity contribution is -0.141. The van der Waals surface area contributed by atoms with Crippen LogP contribution in [-0.2, 0) is 20.9 Å². The van der Waals surface area contributed by atoms with Crippen molar-refractivity contribution in [2.75, 3.05) is 20.2 Å². The van der Waals surface area contributed by atoms with E-state index in [-0.39, 0.29) is 19.1 Å². The first-order valence-electron chi connectivity index (χ1n) is 8.91. The molecule has 1 aliphatic heterocycles. The van der Waals surface area contributed by atoms with E-state index >= 15 is 0 Å². The summed E-state index contributed by atoms with van der Waals surface area (Å²) in [6.45, 7) is 0.627. The minimum Gasteiger partial charge on any atom is -0.468 e. The van der Waals surface area contributed by atoms with Crippen LogP contribution in [0.4, 0.5) is 4.79 Å². The van der Waals surface area contributed by atoms with Crippen LogP contribution in [0.2, 0.25) is 0 Å². The number of alkyl carbamates (subject to hydrolysis) is 1. The fourth-order valence-electron chi connectivity index (χ4n) is 2.85. The number of allylic oxidation sites excluding steroid dienone is 2. The zero-order chi connectivity index (χ0) is 19.8. The maximum atomic E-state index is 12.1. The van der Waals surface area contributed by atoms with Gasteiger partial charge in [-0.2, -0.15) is 0 Å². The molecule has 0 saturated heterocycles. The van der Waals surface area contributed by atoms with Crippen molar-refractivity contribution in [3.8, 4) is 0 Å². The molecule has 2 aromatic rings. The summed E-state index contributed by atoms with van der Waals surface area (Å²) in [6.07, 6.45) is 3.15. The predicted octanol–water partition coefficient (Wildman–Crippen LogP) is 3.33. The summed E-state index contributed by atoms with van der Waals surface area (Å²) in [5.74, 6) is -0.352. The highest BCUT2D eigenvalue weighted by atomic mass is 16.5. The van der Waals surface area contributed by atoms with Gasteiger partial charge in [-0.1, -0.05) is 60.7 Å². The lowest BCUT2D eigenvalue weighted by atomic mass is 10.1. The highest BCUT2D eigenvalue weighted by molar-refractivity contribution is 5.77. The van der Waals surface area contributed by atoms with Crippen molar-refractivity contribution in [2.45, 2.75) is 6.61 Å². The summed E-state index contributed by atoms with van der Waals surface area (Å²) in [4.78, 5) is 25.8. The molecule has 0 atom stereocenters. The molecule has 0 radical (unpaired) electrons. The first kappa shape index (κ1) is 19.2. The van der Waals surface area contributed by atoms with Crippen LogP contribution in [-0.4, -0.2) is 37.2 Å². The lowest BCUT2D eigenvalue weighted by Crippen LogP contribution is -2.37. The Morgan fingerprint density at radius 2 is 1.68 bits per heavy atom. The Labute approximate surface area is 164 Å². The Balaban J connectivity index is 1.67. The number of hydrogen-bond donors (Lipinski definition) is 1. The average Bonchev–Trinajstić information content (AvgIpc) is 2.74. The number of methoxy groups -OCH3 is 1. The lowest BCUT2D eigenvalue weighted by Gasteiger charge is -2.30. The average molecular weight is 378 g/mol. The van der Waals surface area contributed by atoms with Crippen molar-refractivity contribution in [1.82, 2.24) is 10.2 Å². The van der Waals surface area contributed by atoms with Crippen molar-refractivity contribution in [3.05, 3.63) is 89.6 Å². The summed E-state index contributed by atoms with van der Waals surface area (Å²) < 4.78 is 10.1. The van der Waals surface area contributed by atoms with E-state index in [2.05, 4.69) is 5.32 Å². The van der Waals surface area contributed by atoms with Gasteiger partial charge in [0.25, 0.3) is 0 Å². The second-order valence-corrected chi connectivity index (χ2v) is 6.23. The Bertz CT molecular complexity index is 876. The molecule has 2 aromatic carbocycles. The van der Waals surface area contributed by atoms with E-state index in [0.717, 1.165) is 16.8 Å². The Kier molecular flexibility index (Phi) is 6.46. The number of hydrogen-bond acceptors (Lipinski definition) is 5. The molecule has 6 nitrogen and oxygen atoms in total. The highest BCUT2D eigenvalue weighted by Gasteiger charge is 2.21. The second kappa shape index (κ2) is 9.41. The quantitative estimate of drug-likeness (QED) is 0.781. The Morgan fingerprint density at radius 3 is 2.36 bits per heavy atom. The molecule has 0 spiro atoms. The largest absolute Gasteiger partial charge is 0.468 e. The van der Waals surface area contributed by atoms with Gasteiger partial charge in [0.15, 0.2) is 0 Å². The Hall–Kier alpha value is -3.54. The zero-order valence-corrected chi connectivity index (χ0v) is 15.6. The third-order valence-electron chi connectivity index (χ3n) is 4.24. The van der Waals surface area contributed by atoms with Crippen LogP contribution in [0.3, 0.4) is 0 Å². The monoisotopic (exact) mass is 378 g/mol. The third kappa shape index (κ3) is 5.23. The molecular weight excluding hydrogens is 356 g/mol. The van der Waals surface area contributed by atoms with E-state index in [1.807, 2.05) is 77.7 Å². The van der Waals surface area contributed by atoms with E-state index in [9.17, 15) is 9.59 Å². The molecule has 6 heteroatoms. The molecule has 144 valence electrons. The van der Waals surface area contributed by atoms with Crippen molar-refractivity contribution in [2.24, 2.45) is 0 Å². The summed E-state index contributed by atoms with van der Waals surface area (Å²) in [5, 5.41) is 2.74. The van der Waals surface area contributed by atoms with Gasteiger partial charge in [-0.3, -0.25) is 10.1 Å². The summed E-state index contributed by atoms with van der Waals surface area (Å²) in [7, 11) is 1.36. The number of amides is 1. The fourth-order valence-corrected chi connectivity index (χ4v) is 2.85. The van der Waals surface area contributed by atoms with Crippen LogP contribution in [0.5, 0.6) is 0 Å². The van der Waals surface area contributed by atoms with Crippen LogP contribution >= 0.6 is 0 Å². The molecule has 1 aliphatic rings. The van der Waals surface area contributed by atoms with Crippen molar-refractivity contribution in [1.29, 1.82) is 0 Å². The van der Waals surface area contributed by atoms with E-state index in [1.165, 1.54) is 7.11 Å². The van der Waals surface area contributed by atoms with Gasteiger partial charge < -0.3 is 14.4 Å². The molecule has 0 unspecified atom stereocenters. The number of ether oxygens (including phenoxy) is 2. The van der Waals surface area contributed by atoms with Gasteiger partial charge in [-0.25, -0.2) is 4.79 Å². The fraction of sp³-hybridized carbons (Fsp3) is 0.182. The molecule has 28 heavy (non-hydrogen) atoms. The van der Waals surface area contributed by atoms with E-state index < -0.39 is 6.09 Å². The van der Waals surface area contributed by atoms with Gasteiger partial charge >= 0.3 is 12.1 Å². The van der Waals surface area contributed by atoms with Crippen LogP contribution in [0.15, 0.2) is 78.5 Å². The molecule has 3 rings (SSSR count). The zero-order valence-electron chi connectivity index (χ0n) is 15.6. The maximum Gasteiger partial charge on any atom is 0.411 e. The number of benzene rings is 2. The van der Waals surface area contributed by atoms with Gasteiger partial charge in [0.1, 0.15) is 13.2 Å². The number of carbonyl (C=O) groups is 2. The predicted molar refractivity (Wildman–Crippen MR) is 106 cm³/mol. The van der Waals surface area contributed by atoms with E-state index in [1.54, 1.807) is 0 Å². The molecule has 0 saturated carbocycles. The first-order chi connectivity index (χ1) is 13.7. The Morgan fingerprint density at radius 1 is 1.00 bits per heavy atom. The van der Waals surface area contributed by atoms with E-state index in [0.29, 0.717) is 12.2 Å². The molecule has 0 aromatic heterocycles. The second-order valence-electron chi connectivity index (χ2n) is 6.23. The molecule has 1 amide bonds. The number of nitrogens with one attached hydrogen (secondary N) is 1. The molecule has 1 N–H and O–H groups in total. The SMILES string of the molecule is COC(=O)CN1CC(NC(=O)OCc2ccccc2)=CC=C1c1ccccc1. The number of rotatable bonds is 6. The van der Waals surface area contributed by atoms with Crippen molar-refractivity contribution < 1.29 is 19.1 Å². The summed E-state index contributed by atoms with van der Waals surface area (Å²) in [5.41, 5.74) is 3.41. The summed E-state index contributed by atoms with van der Waals surface area (Å²) in [6, 6.07) is 19.2. The summed E-state index contributed by atoms with van der Waals surface area (Å²) >= 11 is 0. The molecule has 1 heterocycles.